The van der Waals surface area contributed by atoms with Gasteiger partial charge in [-0.3, -0.25) is 9.98 Å². The fraction of sp³-hybridized carbons (Fsp3) is 0.308. The summed E-state index contributed by atoms with van der Waals surface area (Å²) < 4.78 is 0. The lowest BCUT2D eigenvalue weighted by molar-refractivity contribution is 0.543. The molecule has 1 aliphatic rings. The van der Waals surface area contributed by atoms with Gasteiger partial charge in [0.15, 0.2) is 0 Å². The van der Waals surface area contributed by atoms with Crippen molar-refractivity contribution in [2.24, 2.45) is 4.99 Å². The molecule has 0 fully saturated rings. The third kappa shape index (κ3) is 1.74. The van der Waals surface area contributed by atoms with Gasteiger partial charge in [-0.25, -0.2) is 0 Å². The van der Waals surface area contributed by atoms with Gasteiger partial charge in [0.1, 0.15) is 0 Å². The molecule has 1 aromatic rings. The molecule has 2 unspecified atom stereocenters. The third-order valence-corrected chi connectivity index (χ3v) is 2.83. The highest BCUT2D eigenvalue weighted by molar-refractivity contribution is 5.95. The molecule has 1 aliphatic heterocycles. The van der Waals surface area contributed by atoms with Crippen LogP contribution in [0.25, 0.3) is 0 Å². The Kier molecular flexibility index (Phi) is 2.57. The Morgan fingerprint density at radius 1 is 1.38 bits per heavy atom. The van der Waals surface area contributed by atoms with Gasteiger partial charge in [0, 0.05) is 18.1 Å². The van der Waals surface area contributed by atoms with Crippen molar-refractivity contribution in [2.45, 2.75) is 25.3 Å². The largest absolute Gasteiger partial charge is 0.278 e. The molecule has 1 aromatic heterocycles. The quantitative estimate of drug-likeness (QED) is 0.754. The summed E-state index contributed by atoms with van der Waals surface area (Å²) in [6, 6.07) is 6.08. The molecule has 80 valence electrons. The molecule has 3 nitrogen and oxygen atoms in total. The highest BCUT2D eigenvalue weighted by Gasteiger charge is 2.35. The maximum absolute atomic E-state index is 9.32. The van der Waals surface area contributed by atoms with Crippen LogP contribution < -0.4 is 0 Å². The van der Waals surface area contributed by atoms with Crippen molar-refractivity contribution in [3.05, 3.63) is 42.2 Å². The maximum Gasteiger partial charge on any atom is 0.0998 e. The van der Waals surface area contributed by atoms with E-state index in [2.05, 4.69) is 16.0 Å². The second kappa shape index (κ2) is 3.90. The lowest BCUT2D eigenvalue weighted by atomic mass is 9.83. The van der Waals surface area contributed by atoms with E-state index >= 15 is 0 Å². The molecule has 0 saturated carbocycles. The van der Waals surface area contributed by atoms with Crippen LogP contribution in [0.3, 0.4) is 0 Å². The van der Waals surface area contributed by atoms with Crippen molar-refractivity contribution in [2.75, 3.05) is 0 Å². The number of aromatic nitrogens is 1. The predicted octanol–water partition coefficient (Wildman–Crippen LogP) is 2.48. The van der Waals surface area contributed by atoms with E-state index < -0.39 is 5.54 Å². The molecular weight excluding hydrogens is 198 g/mol. The van der Waals surface area contributed by atoms with Gasteiger partial charge >= 0.3 is 0 Å². The highest BCUT2D eigenvalue weighted by Crippen LogP contribution is 2.34. The number of rotatable bonds is 2. The minimum absolute atomic E-state index is 0.260. The first kappa shape index (κ1) is 10.6. The van der Waals surface area contributed by atoms with Crippen molar-refractivity contribution in [1.29, 1.82) is 5.26 Å². The number of nitriles is 1. The number of allylic oxidation sites excluding steroid dienone is 1. The second-order valence-corrected chi connectivity index (χ2v) is 4.15. The standard InChI is InChI=1S/C13H13N3/c1-10-3-6-13(2,16-10)12(9-14)11-4-7-15-8-5-11/h3-8,12H,1-2H3. The summed E-state index contributed by atoms with van der Waals surface area (Å²) in [6.45, 7) is 3.93. The summed E-state index contributed by atoms with van der Waals surface area (Å²) >= 11 is 0. The first-order valence-electron chi connectivity index (χ1n) is 5.21. The van der Waals surface area contributed by atoms with Gasteiger partial charge in [-0.1, -0.05) is 6.08 Å². The van der Waals surface area contributed by atoms with Crippen LogP contribution >= 0.6 is 0 Å². The smallest absolute Gasteiger partial charge is 0.0998 e. The molecule has 0 saturated heterocycles. The number of pyridine rings is 1. The van der Waals surface area contributed by atoms with E-state index in [0.29, 0.717) is 0 Å². The van der Waals surface area contributed by atoms with Gasteiger partial charge in [-0.15, -0.1) is 0 Å². The Balaban J connectivity index is 2.40. The molecule has 3 heteroatoms. The Morgan fingerprint density at radius 2 is 2.06 bits per heavy atom. The van der Waals surface area contributed by atoms with Crippen molar-refractivity contribution in [1.82, 2.24) is 4.98 Å². The van der Waals surface area contributed by atoms with E-state index in [-0.39, 0.29) is 5.92 Å². The summed E-state index contributed by atoms with van der Waals surface area (Å²) in [5.74, 6) is -0.260. The zero-order valence-electron chi connectivity index (χ0n) is 9.38. The van der Waals surface area contributed by atoms with Crippen molar-refractivity contribution < 1.29 is 0 Å². The summed E-state index contributed by atoms with van der Waals surface area (Å²) in [5.41, 5.74) is 1.49. The van der Waals surface area contributed by atoms with Gasteiger partial charge in [-0.05, 0) is 37.6 Å². The van der Waals surface area contributed by atoms with Gasteiger partial charge in [0.25, 0.3) is 0 Å². The molecule has 0 spiro atoms. The first-order valence-corrected chi connectivity index (χ1v) is 5.21. The van der Waals surface area contributed by atoms with Crippen LogP contribution in [0.15, 0.2) is 41.7 Å². The number of hydrogen-bond acceptors (Lipinski definition) is 3. The van der Waals surface area contributed by atoms with Crippen molar-refractivity contribution >= 4 is 5.71 Å². The van der Waals surface area contributed by atoms with Crippen LogP contribution in [0.1, 0.15) is 25.3 Å². The maximum atomic E-state index is 9.32. The Hall–Kier alpha value is -1.95. The van der Waals surface area contributed by atoms with Crippen LogP contribution in [-0.2, 0) is 0 Å². The summed E-state index contributed by atoms with van der Waals surface area (Å²) in [7, 11) is 0. The van der Waals surface area contributed by atoms with Gasteiger partial charge in [0.2, 0.25) is 0 Å². The number of hydrogen-bond donors (Lipinski definition) is 0. The molecule has 0 aliphatic carbocycles. The van der Waals surface area contributed by atoms with E-state index in [1.165, 1.54) is 0 Å². The molecule has 0 N–H and O–H groups in total. The van der Waals surface area contributed by atoms with E-state index in [1.807, 2.05) is 38.1 Å². The van der Waals surface area contributed by atoms with E-state index in [4.69, 9.17) is 0 Å². The fourth-order valence-corrected chi connectivity index (χ4v) is 2.00. The Bertz CT molecular complexity index is 482. The van der Waals surface area contributed by atoms with E-state index in [1.54, 1.807) is 12.4 Å². The van der Waals surface area contributed by atoms with Crippen molar-refractivity contribution in [3.63, 3.8) is 0 Å². The van der Waals surface area contributed by atoms with Crippen LogP contribution in [0.5, 0.6) is 0 Å². The topological polar surface area (TPSA) is 49.0 Å². The summed E-state index contributed by atoms with van der Waals surface area (Å²) in [5, 5.41) is 9.32. The number of nitrogens with zero attached hydrogens (tertiary/aromatic N) is 3. The van der Waals surface area contributed by atoms with Crippen LogP contribution in [0.4, 0.5) is 0 Å². The summed E-state index contributed by atoms with van der Waals surface area (Å²) in [6.07, 6.45) is 7.37. The molecule has 0 amide bonds. The monoisotopic (exact) mass is 211 g/mol. The molecule has 0 bridgehead atoms. The van der Waals surface area contributed by atoms with Crippen LogP contribution in [0, 0.1) is 11.3 Å². The minimum atomic E-state index is -0.444. The zero-order valence-corrected chi connectivity index (χ0v) is 9.38. The zero-order chi connectivity index (χ0) is 11.6. The molecule has 16 heavy (non-hydrogen) atoms. The Labute approximate surface area is 95.2 Å². The predicted molar refractivity (Wildman–Crippen MR) is 63.2 cm³/mol. The molecule has 0 radical (unpaired) electrons. The normalized spacial score (nSPS) is 24.9. The van der Waals surface area contributed by atoms with Gasteiger partial charge < -0.3 is 0 Å². The molecular formula is C13H13N3. The molecule has 0 aromatic carbocycles. The Morgan fingerprint density at radius 3 is 2.56 bits per heavy atom. The highest BCUT2D eigenvalue weighted by atomic mass is 14.9. The van der Waals surface area contributed by atoms with Gasteiger partial charge in [-0.2, -0.15) is 5.26 Å². The average Bonchev–Trinajstić information content (AvgIpc) is 2.62. The summed E-state index contributed by atoms with van der Waals surface area (Å²) in [4.78, 5) is 8.49. The number of aliphatic imine (C=N–C) groups is 1. The first-order chi connectivity index (χ1) is 7.65. The second-order valence-electron chi connectivity index (χ2n) is 4.15. The van der Waals surface area contributed by atoms with Gasteiger partial charge in [0.05, 0.1) is 17.5 Å². The fourth-order valence-electron chi connectivity index (χ4n) is 2.00. The molecule has 2 atom stereocenters. The lowest BCUT2D eigenvalue weighted by Gasteiger charge is -2.24. The van der Waals surface area contributed by atoms with Crippen LogP contribution in [0.2, 0.25) is 0 Å². The minimum Gasteiger partial charge on any atom is -0.278 e. The SMILES string of the molecule is CC1=NC(C)(C(C#N)c2ccncc2)C=C1. The van der Waals surface area contributed by atoms with Crippen LogP contribution in [-0.4, -0.2) is 16.2 Å². The third-order valence-electron chi connectivity index (χ3n) is 2.83. The van der Waals surface area contributed by atoms with Crippen molar-refractivity contribution in [3.8, 4) is 6.07 Å². The molecule has 2 heterocycles. The molecule has 2 rings (SSSR count). The lowest BCUT2D eigenvalue weighted by Crippen LogP contribution is -2.26. The van der Waals surface area contributed by atoms with E-state index in [9.17, 15) is 5.26 Å². The average molecular weight is 211 g/mol. The van der Waals surface area contributed by atoms with E-state index in [0.717, 1.165) is 11.3 Å².